The minimum Gasteiger partial charge on any atom is -0.298 e. The van der Waals surface area contributed by atoms with Gasteiger partial charge < -0.3 is 0 Å². The molecule has 0 N–H and O–H groups in total. The maximum absolute atomic E-state index is 11.8. The molecule has 2 nitrogen and oxygen atoms in total. The van der Waals surface area contributed by atoms with Gasteiger partial charge in [-0.15, -0.1) is 0 Å². The van der Waals surface area contributed by atoms with E-state index in [0.29, 0.717) is 23.0 Å². The number of rotatable bonds is 2. The van der Waals surface area contributed by atoms with Crippen LogP contribution in [0.5, 0.6) is 0 Å². The summed E-state index contributed by atoms with van der Waals surface area (Å²) in [5.74, 6) is 0.454. The Balaban J connectivity index is 1.74. The molecule has 2 aliphatic carbocycles. The first-order chi connectivity index (χ1) is 7.12. The first-order valence-electron chi connectivity index (χ1n) is 6.35. The smallest absolute Gasteiger partial charge is 0.149 e. The molecule has 1 aliphatic heterocycles. The van der Waals surface area contributed by atoms with Gasteiger partial charge in [0.2, 0.25) is 0 Å². The molecule has 0 unspecified atom stereocenters. The summed E-state index contributed by atoms with van der Waals surface area (Å²) in [5.41, 5.74) is 1.26. The Morgan fingerprint density at radius 2 is 2.13 bits per heavy atom. The van der Waals surface area contributed by atoms with E-state index in [9.17, 15) is 4.79 Å². The SMILES string of the molecule is CCC(=O)[C@@H]1C[C@@]2(CN1C)CC21CCC1. The maximum atomic E-state index is 11.8. The topological polar surface area (TPSA) is 20.3 Å². The van der Waals surface area contributed by atoms with Gasteiger partial charge in [0, 0.05) is 13.0 Å². The molecule has 3 rings (SSSR count). The first-order valence-corrected chi connectivity index (χ1v) is 6.35. The molecule has 0 aromatic rings. The van der Waals surface area contributed by atoms with E-state index in [1.807, 2.05) is 6.92 Å². The summed E-state index contributed by atoms with van der Waals surface area (Å²) >= 11 is 0. The van der Waals surface area contributed by atoms with E-state index in [2.05, 4.69) is 11.9 Å². The number of carbonyl (C=O) groups is 1. The van der Waals surface area contributed by atoms with E-state index >= 15 is 0 Å². The van der Waals surface area contributed by atoms with Crippen LogP contribution in [-0.4, -0.2) is 30.3 Å². The third kappa shape index (κ3) is 1.12. The summed E-state index contributed by atoms with van der Waals surface area (Å²) in [5, 5.41) is 0. The summed E-state index contributed by atoms with van der Waals surface area (Å²) in [6.07, 6.45) is 7.59. The van der Waals surface area contributed by atoms with Gasteiger partial charge in [-0.1, -0.05) is 13.3 Å². The molecule has 2 atom stereocenters. The van der Waals surface area contributed by atoms with E-state index in [1.54, 1.807) is 0 Å². The molecule has 0 aromatic heterocycles. The van der Waals surface area contributed by atoms with Crippen LogP contribution in [0.1, 0.15) is 45.4 Å². The van der Waals surface area contributed by atoms with Gasteiger partial charge in [-0.25, -0.2) is 0 Å². The second-order valence-electron chi connectivity index (χ2n) is 6.05. The molecule has 2 spiro atoms. The average Bonchev–Trinajstić information content (AvgIpc) is 2.69. The van der Waals surface area contributed by atoms with Gasteiger partial charge in [0.05, 0.1) is 6.04 Å². The van der Waals surface area contributed by atoms with Crippen LogP contribution in [-0.2, 0) is 4.79 Å². The Kier molecular flexibility index (Phi) is 1.87. The molecule has 2 heteroatoms. The summed E-state index contributed by atoms with van der Waals surface area (Å²) in [4.78, 5) is 14.1. The lowest BCUT2D eigenvalue weighted by Crippen LogP contribution is -2.32. The number of likely N-dealkylation sites (N-methyl/N-ethyl adjacent to an activating group) is 1. The summed E-state index contributed by atoms with van der Waals surface area (Å²) in [6, 6.07) is 0.245. The average molecular weight is 207 g/mol. The van der Waals surface area contributed by atoms with Gasteiger partial charge in [0.15, 0.2) is 0 Å². The van der Waals surface area contributed by atoms with Gasteiger partial charge in [0.1, 0.15) is 5.78 Å². The Bertz CT molecular complexity index is 308. The fourth-order valence-electron chi connectivity index (χ4n) is 4.20. The van der Waals surface area contributed by atoms with Crippen LogP contribution in [0, 0.1) is 10.8 Å². The minimum absolute atomic E-state index is 0.245. The van der Waals surface area contributed by atoms with Crippen molar-refractivity contribution in [2.45, 2.75) is 51.5 Å². The van der Waals surface area contributed by atoms with Crippen LogP contribution >= 0.6 is 0 Å². The fraction of sp³-hybridized carbons (Fsp3) is 0.923. The number of nitrogens with zero attached hydrogens (tertiary/aromatic N) is 1. The zero-order chi connectivity index (χ0) is 10.7. The lowest BCUT2D eigenvalue weighted by Gasteiger charge is -2.30. The summed E-state index contributed by atoms with van der Waals surface area (Å²) in [6.45, 7) is 3.18. The van der Waals surface area contributed by atoms with E-state index in [0.717, 1.165) is 6.42 Å². The molecule has 1 saturated heterocycles. The van der Waals surface area contributed by atoms with Crippen molar-refractivity contribution in [3.63, 3.8) is 0 Å². The normalized spacial score (nSPS) is 42.1. The molecule has 3 fully saturated rings. The number of fused-ring (bicyclic) bond motifs is 1. The largest absolute Gasteiger partial charge is 0.298 e. The minimum atomic E-state index is 0.245. The highest BCUT2D eigenvalue weighted by Gasteiger charge is 2.71. The van der Waals surface area contributed by atoms with Crippen molar-refractivity contribution in [1.82, 2.24) is 4.90 Å². The first kappa shape index (κ1) is 9.83. The van der Waals surface area contributed by atoms with Crippen LogP contribution < -0.4 is 0 Å². The predicted octanol–water partition coefficient (Wildman–Crippen LogP) is 2.23. The highest BCUT2D eigenvalue weighted by atomic mass is 16.1. The molecular formula is C13H21NO. The number of ketones is 1. The van der Waals surface area contributed by atoms with E-state index < -0.39 is 0 Å². The molecule has 0 bridgehead atoms. The van der Waals surface area contributed by atoms with Crippen LogP contribution in [0.25, 0.3) is 0 Å². The lowest BCUT2D eigenvalue weighted by molar-refractivity contribution is -0.122. The molecule has 0 amide bonds. The van der Waals surface area contributed by atoms with Crippen molar-refractivity contribution >= 4 is 5.78 Å². The molecule has 84 valence electrons. The molecular weight excluding hydrogens is 186 g/mol. The highest BCUT2D eigenvalue weighted by Crippen LogP contribution is 2.77. The maximum Gasteiger partial charge on any atom is 0.149 e. The van der Waals surface area contributed by atoms with Crippen molar-refractivity contribution in [3.8, 4) is 0 Å². The van der Waals surface area contributed by atoms with E-state index in [4.69, 9.17) is 0 Å². The van der Waals surface area contributed by atoms with Gasteiger partial charge in [-0.2, -0.15) is 0 Å². The van der Waals surface area contributed by atoms with Gasteiger partial charge in [-0.3, -0.25) is 9.69 Å². The van der Waals surface area contributed by atoms with Gasteiger partial charge in [0.25, 0.3) is 0 Å². The molecule has 1 heterocycles. The van der Waals surface area contributed by atoms with Crippen molar-refractivity contribution < 1.29 is 4.79 Å². The zero-order valence-electron chi connectivity index (χ0n) is 9.88. The summed E-state index contributed by atoms with van der Waals surface area (Å²) in [7, 11) is 2.14. The van der Waals surface area contributed by atoms with Gasteiger partial charge >= 0.3 is 0 Å². The second kappa shape index (κ2) is 2.85. The van der Waals surface area contributed by atoms with Crippen LogP contribution in [0.15, 0.2) is 0 Å². The Hall–Kier alpha value is -0.370. The number of Topliss-reactive ketones (excluding diaryl/α,β-unsaturated/α-hetero) is 1. The van der Waals surface area contributed by atoms with Crippen molar-refractivity contribution in [2.75, 3.05) is 13.6 Å². The third-order valence-corrected chi connectivity index (χ3v) is 5.38. The van der Waals surface area contributed by atoms with Crippen LogP contribution in [0.2, 0.25) is 0 Å². The molecule has 2 saturated carbocycles. The number of likely N-dealkylation sites (tertiary alicyclic amines) is 1. The standard InChI is InChI=1S/C13H21NO/c1-3-11(15)10-7-13(9-14(10)2)8-12(13)5-4-6-12/h10H,3-9H2,1-2H3/t10-,13-/m0/s1. The number of carbonyl (C=O) groups excluding carboxylic acids is 1. The molecule has 0 aromatic carbocycles. The lowest BCUT2D eigenvalue weighted by atomic mass is 9.74. The van der Waals surface area contributed by atoms with E-state index in [1.165, 1.54) is 32.2 Å². The Morgan fingerprint density at radius 3 is 2.60 bits per heavy atom. The van der Waals surface area contributed by atoms with Crippen LogP contribution in [0.4, 0.5) is 0 Å². The molecule has 0 radical (unpaired) electrons. The molecule has 3 aliphatic rings. The predicted molar refractivity (Wildman–Crippen MR) is 59.7 cm³/mol. The van der Waals surface area contributed by atoms with Crippen LogP contribution in [0.3, 0.4) is 0 Å². The highest BCUT2D eigenvalue weighted by molar-refractivity contribution is 5.84. The molecule has 15 heavy (non-hydrogen) atoms. The van der Waals surface area contributed by atoms with Crippen molar-refractivity contribution in [3.05, 3.63) is 0 Å². The number of hydrogen-bond donors (Lipinski definition) is 0. The second-order valence-corrected chi connectivity index (χ2v) is 6.05. The van der Waals surface area contributed by atoms with Crippen molar-refractivity contribution in [2.24, 2.45) is 10.8 Å². The summed E-state index contributed by atoms with van der Waals surface area (Å²) < 4.78 is 0. The quantitative estimate of drug-likeness (QED) is 0.692. The third-order valence-electron chi connectivity index (χ3n) is 5.38. The van der Waals surface area contributed by atoms with Gasteiger partial charge in [-0.05, 0) is 43.6 Å². The Labute approximate surface area is 92.0 Å². The Morgan fingerprint density at radius 1 is 1.40 bits per heavy atom. The number of hydrogen-bond acceptors (Lipinski definition) is 2. The van der Waals surface area contributed by atoms with Crippen molar-refractivity contribution in [1.29, 1.82) is 0 Å². The van der Waals surface area contributed by atoms with E-state index in [-0.39, 0.29) is 6.04 Å². The fourth-order valence-corrected chi connectivity index (χ4v) is 4.20. The zero-order valence-corrected chi connectivity index (χ0v) is 9.88. The monoisotopic (exact) mass is 207 g/mol.